The van der Waals surface area contributed by atoms with Crippen molar-refractivity contribution in [2.45, 2.75) is 89.1 Å². The Morgan fingerprint density at radius 1 is 0.788 bits per heavy atom. The lowest BCUT2D eigenvalue weighted by atomic mass is 10.1. The van der Waals surface area contributed by atoms with E-state index in [0.29, 0.717) is 11.2 Å². The third-order valence-electron chi connectivity index (χ3n) is 7.55. The third kappa shape index (κ3) is 4.64. The number of carbonyl (C=O) groups is 1. The molecule has 1 amide bonds. The highest BCUT2D eigenvalue weighted by Crippen LogP contribution is 2.29. The predicted molar refractivity (Wildman–Crippen MR) is 133 cm³/mol. The fourth-order valence-electron chi connectivity index (χ4n) is 5.75. The topological polar surface area (TPSA) is 55.5 Å². The first kappa shape index (κ1) is 22.0. The van der Waals surface area contributed by atoms with Gasteiger partial charge in [0.05, 0.1) is 5.69 Å². The van der Waals surface area contributed by atoms with Crippen LogP contribution in [0.5, 0.6) is 0 Å². The van der Waals surface area contributed by atoms with Crippen molar-refractivity contribution in [1.82, 2.24) is 14.3 Å². The molecule has 2 heterocycles. The van der Waals surface area contributed by atoms with Crippen molar-refractivity contribution in [3.05, 3.63) is 64.7 Å². The van der Waals surface area contributed by atoms with Gasteiger partial charge in [0.15, 0.2) is 0 Å². The SMILES string of the molecule is O=C(NC1CCCCCC1)c1cn2c(-c3ccccc3)ccc2c(=O)n1C1CCCCCC1. The van der Waals surface area contributed by atoms with Crippen LogP contribution in [0.3, 0.4) is 0 Å². The van der Waals surface area contributed by atoms with Gasteiger partial charge < -0.3 is 9.72 Å². The minimum absolute atomic E-state index is 0.0439. The van der Waals surface area contributed by atoms with E-state index in [0.717, 1.165) is 62.6 Å². The molecule has 3 aromatic rings. The van der Waals surface area contributed by atoms with Gasteiger partial charge in [0.2, 0.25) is 0 Å². The second kappa shape index (κ2) is 9.98. The molecule has 0 unspecified atom stereocenters. The average Bonchev–Trinajstić information content (AvgIpc) is 3.00. The van der Waals surface area contributed by atoms with Gasteiger partial charge in [-0.1, -0.05) is 81.7 Å². The molecule has 2 fully saturated rings. The molecule has 2 aromatic heterocycles. The minimum Gasteiger partial charge on any atom is -0.348 e. The zero-order valence-corrected chi connectivity index (χ0v) is 19.5. The molecule has 5 heteroatoms. The highest BCUT2D eigenvalue weighted by atomic mass is 16.2. The lowest BCUT2D eigenvalue weighted by molar-refractivity contribution is 0.0918. The molecule has 5 rings (SSSR count). The van der Waals surface area contributed by atoms with Crippen molar-refractivity contribution in [3.63, 3.8) is 0 Å². The molecule has 174 valence electrons. The van der Waals surface area contributed by atoms with Crippen molar-refractivity contribution >= 4 is 11.4 Å². The van der Waals surface area contributed by atoms with Crippen LogP contribution in [0.25, 0.3) is 16.8 Å². The minimum atomic E-state index is -0.0992. The Balaban J connectivity index is 1.60. The molecule has 0 bridgehead atoms. The number of hydrogen-bond donors (Lipinski definition) is 1. The van der Waals surface area contributed by atoms with Crippen LogP contribution in [-0.2, 0) is 0 Å². The first-order valence-corrected chi connectivity index (χ1v) is 12.9. The summed E-state index contributed by atoms with van der Waals surface area (Å²) in [5.74, 6) is -0.0992. The first-order valence-electron chi connectivity index (χ1n) is 12.9. The van der Waals surface area contributed by atoms with Crippen LogP contribution in [0, 0.1) is 0 Å². The molecule has 0 saturated heterocycles. The molecule has 2 aliphatic carbocycles. The van der Waals surface area contributed by atoms with Gasteiger partial charge in [-0.05, 0) is 43.4 Å². The van der Waals surface area contributed by atoms with Crippen molar-refractivity contribution in [1.29, 1.82) is 0 Å². The Labute approximate surface area is 195 Å². The highest BCUT2D eigenvalue weighted by molar-refractivity contribution is 5.93. The monoisotopic (exact) mass is 445 g/mol. The summed E-state index contributed by atoms with van der Waals surface area (Å²) in [6.07, 6.45) is 15.4. The van der Waals surface area contributed by atoms with E-state index in [4.69, 9.17) is 0 Å². The van der Waals surface area contributed by atoms with Gasteiger partial charge >= 0.3 is 0 Å². The summed E-state index contributed by atoms with van der Waals surface area (Å²) in [6, 6.07) is 14.3. The Morgan fingerprint density at radius 3 is 2.09 bits per heavy atom. The first-order chi connectivity index (χ1) is 16.2. The zero-order chi connectivity index (χ0) is 22.6. The predicted octanol–water partition coefficient (Wildman–Crippen LogP) is 6.12. The number of fused-ring (bicyclic) bond motifs is 1. The molecular weight excluding hydrogens is 410 g/mol. The van der Waals surface area contributed by atoms with E-state index in [2.05, 4.69) is 5.32 Å². The van der Waals surface area contributed by atoms with Gasteiger partial charge in [-0.15, -0.1) is 0 Å². The van der Waals surface area contributed by atoms with Crippen LogP contribution in [0.1, 0.15) is 93.6 Å². The van der Waals surface area contributed by atoms with Crippen LogP contribution in [0.15, 0.2) is 53.5 Å². The van der Waals surface area contributed by atoms with E-state index < -0.39 is 0 Å². The summed E-state index contributed by atoms with van der Waals surface area (Å²) in [6.45, 7) is 0. The average molecular weight is 446 g/mol. The summed E-state index contributed by atoms with van der Waals surface area (Å²) in [5.41, 5.74) is 3.09. The molecule has 0 spiro atoms. The summed E-state index contributed by atoms with van der Waals surface area (Å²) in [7, 11) is 0. The number of nitrogens with zero attached hydrogens (tertiary/aromatic N) is 2. The molecule has 1 aromatic carbocycles. The molecule has 33 heavy (non-hydrogen) atoms. The standard InChI is InChI=1S/C28H35N3O2/c32-27(29-22-14-8-1-2-9-15-22)26-20-30-24(21-12-6-5-7-13-21)18-19-25(30)28(33)31(26)23-16-10-3-4-11-17-23/h5-7,12-13,18-20,22-23H,1-4,8-11,14-17H2,(H,29,32). The van der Waals surface area contributed by atoms with E-state index in [1.807, 2.05) is 57.6 Å². The molecular formula is C28H35N3O2. The smallest absolute Gasteiger partial charge is 0.275 e. The lowest BCUT2D eigenvalue weighted by Gasteiger charge is -2.24. The van der Waals surface area contributed by atoms with Crippen LogP contribution in [-0.4, -0.2) is 20.9 Å². The van der Waals surface area contributed by atoms with Crippen molar-refractivity contribution < 1.29 is 4.79 Å². The van der Waals surface area contributed by atoms with Gasteiger partial charge in [0.25, 0.3) is 11.5 Å². The van der Waals surface area contributed by atoms with E-state index in [1.165, 1.54) is 25.7 Å². The van der Waals surface area contributed by atoms with Crippen molar-refractivity contribution in [3.8, 4) is 11.3 Å². The molecule has 2 aliphatic rings. The van der Waals surface area contributed by atoms with Gasteiger partial charge in [-0.25, -0.2) is 0 Å². The van der Waals surface area contributed by atoms with Crippen LogP contribution >= 0.6 is 0 Å². The highest BCUT2D eigenvalue weighted by Gasteiger charge is 2.26. The molecule has 2 saturated carbocycles. The lowest BCUT2D eigenvalue weighted by Crippen LogP contribution is -2.40. The molecule has 0 radical (unpaired) electrons. The van der Waals surface area contributed by atoms with Gasteiger partial charge in [0, 0.05) is 18.3 Å². The van der Waals surface area contributed by atoms with Crippen molar-refractivity contribution in [2.75, 3.05) is 0 Å². The normalized spacial score (nSPS) is 18.7. The van der Waals surface area contributed by atoms with E-state index in [1.54, 1.807) is 0 Å². The van der Waals surface area contributed by atoms with Crippen LogP contribution in [0.2, 0.25) is 0 Å². The maximum absolute atomic E-state index is 13.8. The maximum atomic E-state index is 13.8. The summed E-state index contributed by atoms with van der Waals surface area (Å²) in [4.78, 5) is 27.5. The number of benzene rings is 1. The second-order valence-electron chi connectivity index (χ2n) is 9.84. The third-order valence-corrected chi connectivity index (χ3v) is 7.55. The fraction of sp³-hybridized carbons (Fsp3) is 0.500. The van der Waals surface area contributed by atoms with Gasteiger partial charge in [0.1, 0.15) is 11.2 Å². The van der Waals surface area contributed by atoms with Crippen LogP contribution < -0.4 is 10.9 Å². The zero-order valence-electron chi connectivity index (χ0n) is 19.5. The van der Waals surface area contributed by atoms with Crippen LogP contribution in [0.4, 0.5) is 0 Å². The van der Waals surface area contributed by atoms with E-state index in [-0.39, 0.29) is 23.6 Å². The Hall–Kier alpha value is -2.82. The summed E-state index contributed by atoms with van der Waals surface area (Å²) < 4.78 is 3.76. The van der Waals surface area contributed by atoms with Gasteiger partial charge in [-0.3, -0.25) is 14.2 Å². The van der Waals surface area contributed by atoms with E-state index in [9.17, 15) is 9.59 Å². The maximum Gasteiger partial charge on any atom is 0.275 e. The van der Waals surface area contributed by atoms with Crippen molar-refractivity contribution in [2.24, 2.45) is 0 Å². The number of aromatic nitrogens is 2. The Bertz CT molecular complexity index is 1150. The Morgan fingerprint density at radius 2 is 1.42 bits per heavy atom. The largest absolute Gasteiger partial charge is 0.348 e. The van der Waals surface area contributed by atoms with E-state index >= 15 is 0 Å². The number of nitrogens with one attached hydrogen (secondary N) is 1. The van der Waals surface area contributed by atoms with Gasteiger partial charge in [-0.2, -0.15) is 0 Å². The number of carbonyl (C=O) groups excluding carboxylic acids is 1. The Kier molecular flexibility index (Phi) is 6.65. The number of hydrogen-bond acceptors (Lipinski definition) is 2. The quantitative estimate of drug-likeness (QED) is 0.492. The number of amides is 1. The molecule has 0 atom stereocenters. The molecule has 1 N–H and O–H groups in total. The summed E-state index contributed by atoms with van der Waals surface area (Å²) >= 11 is 0. The summed E-state index contributed by atoms with van der Waals surface area (Å²) in [5, 5.41) is 3.30. The number of rotatable bonds is 4. The molecule has 5 nitrogen and oxygen atoms in total. The molecule has 0 aliphatic heterocycles. The second-order valence-corrected chi connectivity index (χ2v) is 9.84. The fourth-order valence-corrected chi connectivity index (χ4v) is 5.75.